The van der Waals surface area contributed by atoms with Crippen LogP contribution in [0.15, 0.2) is 273 Å². The minimum atomic E-state index is 0.206. The van der Waals surface area contributed by atoms with Crippen LogP contribution in [-0.4, -0.2) is 38.2 Å². The van der Waals surface area contributed by atoms with E-state index in [0.29, 0.717) is 40.1 Å². The third-order valence-electron chi connectivity index (χ3n) is 18.8. The van der Waals surface area contributed by atoms with Crippen molar-refractivity contribution in [2.24, 2.45) is 0 Å². The molecule has 0 saturated carbocycles. The number of rotatable bonds is 9. The molecule has 0 radical (unpaired) electrons. The largest absolute Gasteiger partial charge is 0.307 e. The highest BCUT2D eigenvalue weighted by molar-refractivity contribution is 6.30. The number of nitrogens with zero attached hydrogens (tertiary/aromatic N) is 13. The summed E-state index contributed by atoms with van der Waals surface area (Å²) in [6.07, 6.45) is 0. The van der Waals surface area contributed by atoms with Crippen LogP contribution < -0.4 is 0 Å². The average Bonchev–Trinajstić information content (AvgIpc) is 1.55. The van der Waals surface area contributed by atoms with Crippen molar-refractivity contribution < 1.29 is 0 Å². The summed E-state index contributed by atoms with van der Waals surface area (Å²) in [7, 11) is 0. The topological polar surface area (TPSA) is 190 Å². The van der Waals surface area contributed by atoms with E-state index in [9.17, 15) is 26.3 Å². The summed E-state index contributed by atoms with van der Waals surface area (Å²) in [4.78, 5) is 21.7. The molecule has 0 bridgehead atoms. The molecule has 18 rings (SSSR count). The molecule has 0 fully saturated rings. The van der Waals surface area contributed by atoms with E-state index < -0.39 is 0 Å². The highest BCUT2D eigenvalue weighted by Gasteiger charge is 2.28. The fourth-order valence-corrected chi connectivity index (χ4v) is 14.6. The molecule has 6 aromatic heterocycles. The number of aromatic nitrogens is 8. The van der Waals surface area contributed by atoms with Crippen molar-refractivity contribution in [3.63, 3.8) is 0 Å². The van der Waals surface area contributed by atoms with E-state index in [-0.39, 0.29) is 16.7 Å². The molecule has 0 spiro atoms. The molecule has 13 heteroatoms. The predicted octanol–water partition coefficient (Wildman–Crippen LogP) is 19.3. The molecule has 0 aliphatic heterocycles. The molecule has 12 aromatic carbocycles. The van der Waals surface area contributed by atoms with Crippen LogP contribution in [0.3, 0.4) is 0 Å². The Labute approximate surface area is 559 Å². The lowest BCUT2D eigenvalue weighted by Crippen LogP contribution is -2.04. The Bertz CT molecular complexity index is 6530. The van der Waals surface area contributed by atoms with Crippen LogP contribution in [0.1, 0.15) is 27.8 Å². The first kappa shape index (κ1) is 56.2. The molecule has 0 amide bonds. The predicted molar refractivity (Wildman–Crippen MR) is 386 cm³/mol. The second-order valence-electron chi connectivity index (χ2n) is 24.1. The van der Waals surface area contributed by atoms with Gasteiger partial charge in [-0.05, 0) is 102 Å². The molecule has 0 atom stereocenters. The highest BCUT2D eigenvalue weighted by atomic mass is 15.2. The van der Waals surface area contributed by atoms with Gasteiger partial charge in [0.2, 0.25) is 11.9 Å². The van der Waals surface area contributed by atoms with Gasteiger partial charge in [0.25, 0.3) is 0 Å². The van der Waals surface area contributed by atoms with E-state index in [1.54, 1.807) is 30.3 Å². The Hall–Kier alpha value is -14.6. The van der Waals surface area contributed by atoms with Crippen LogP contribution in [0.2, 0.25) is 0 Å². The fourth-order valence-electron chi connectivity index (χ4n) is 14.6. The van der Waals surface area contributed by atoms with Crippen LogP contribution in [0.5, 0.6) is 0 Å². The Morgan fingerprint density at radius 1 is 0.224 bits per heavy atom. The van der Waals surface area contributed by atoms with Gasteiger partial charge in [0.15, 0.2) is 0 Å². The second kappa shape index (κ2) is 22.3. The molecular weight excluding hydrogens is 1200 g/mol. The molecule has 0 saturated heterocycles. The maximum absolute atomic E-state index is 10.7. The van der Waals surface area contributed by atoms with Crippen LogP contribution in [0.25, 0.3) is 167 Å². The molecule has 13 nitrogen and oxygen atoms in total. The number of para-hydroxylation sites is 4. The van der Waals surface area contributed by atoms with Gasteiger partial charge >= 0.3 is 0 Å². The summed E-state index contributed by atoms with van der Waals surface area (Å²) < 4.78 is 8.33. The van der Waals surface area contributed by atoms with Gasteiger partial charge in [-0.2, -0.15) is 26.3 Å². The van der Waals surface area contributed by atoms with Crippen molar-refractivity contribution in [3.05, 3.63) is 301 Å². The molecule has 0 N–H and O–H groups in total. The van der Waals surface area contributed by atoms with E-state index in [1.165, 1.54) is 0 Å². The number of benzene rings is 12. The Morgan fingerprint density at radius 3 is 0.949 bits per heavy atom. The molecular formula is C85H45N13. The van der Waals surface area contributed by atoms with Crippen molar-refractivity contribution in [2.75, 3.05) is 0 Å². The number of nitriles is 5. The van der Waals surface area contributed by atoms with Crippen molar-refractivity contribution in [1.29, 1.82) is 26.3 Å². The van der Waals surface area contributed by atoms with Crippen molar-refractivity contribution in [3.8, 4) is 110 Å². The maximum atomic E-state index is 10.7. The third kappa shape index (κ3) is 8.61. The zero-order chi connectivity index (χ0) is 65.7. The lowest BCUT2D eigenvalue weighted by atomic mass is 9.99. The lowest BCUT2D eigenvalue weighted by Gasteiger charge is -2.13. The van der Waals surface area contributed by atoms with Gasteiger partial charge in [-0.15, -0.1) is 0 Å². The zero-order valence-corrected chi connectivity index (χ0v) is 51.8. The minimum absolute atomic E-state index is 0.206. The van der Waals surface area contributed by atoms with E-state index in [1.807, 2.05) is 126 Å². The first-order valence-electron chi connectivity index (χ1n) is 31.7. The first-order chi connectivity index (χ1) is 48.4. The molecule has 0 aliphatic rings. The van der Waals surface area contributed by atoms with Gasteiger partial charge < -0.3 is 9.13 Å². The van der Waals surface area contributed by atoms with Crippen LogP contribution >= 0.6 is 0 Å². The Morgan fingerprint density at radius 2 is 0.541 bits per heavy atom. The number of hydrogen-bond donors (Lipinski definition) is 0. The van der Waals surface area contributed by atoms with Crippen LogP contribution in [0, 0.1) is 56.7 Å². The Balaban J connectivity index is 0.838. The maximum Gasteiger partial charge on any atom is 0.235 e. The Kier molecular flexibility index (Phi) is 12.8. The van der Waals surface area contributed by atoms with E-state index in [4.69, 9.17) is 19.9 Å². The van der Waals surface area contributed by atoms with Gasteiger partial charge in [0.05, 0.1) is 112 Å². The number of hydrogen-bond acceptors (Lipinski definition) is 9. The van der Waals surface area contributed by atoms with Gasteiger partial charge in [0, 0.05) is 65.3 Å². The standard InChI is InChI=1S/C85H45N13/c86-46-51-41-60(49-89)83(61(42-51)50-90)96-71-29-14-11-26-63(71)79-75(96)38-40-77-81(79)65-43-57(35-36-73(65)98(77)85-92-66(53-17-4-1-5-18-53)44-67(93-85)54-19-6-2-7-20-54)52-31-33-56(34-32-52)69-45-68(55-21-8-3-9-22-55)91-84(94-69)97-72-30-15-12-27-64(72)80-76(97)39-37-74-78(80)62-25-10-13-28-70(62)95(74)82-58(47-87)23-16-24-59(82)48-88/h1-45H. The van der Waals surface area contributed by atoms with Gasteiger partial charge in [-0.1, -0.05) is 182 Å². The molecule has 98 heavy (non-hydrogen) atoms. The lowest BCUT2D eigenvalue weighted by molar-refractivity contribution is 0.995. The minimum Gasteiger partial charge on any atom is -0.307 e. The van der Waals surface area contributed by atoms with E-state index in [0.717, 1.165) is 138 Å². The smallest absolute Gasteiger partial charge is 0.235 e. The van der Waals surface area contributed by atoms with Gasteiger partial charge in [-0.3, -0.25) is 9.13 Å². The van der Waals surface area contributed by atoms with E-state index >= 15 is 0 Å². The summed E-state index contributed by atoms with van der Waals surface area (Å²) in [5.41, 5.74) is 17.7. The van der Waals surface area contributed by atoms with Crippen molar-refractivity contribution >= 4 is 87.2 Å². The molecule has 0 aliphatic carbocycles. The van der Waals surface area contributed by atoms with Gasteiger partial charge in [0.1, 0.15) is 24.3 Å². The first-order valence-corrected chi connectivity index (χ1v) is 31.7. The molecule has 6 heterocycles. The van der Waals surface area contributed by atoms with E-state index in [2.05, 4.69) is 165 Å². The summed E-state index contributed by atoms with van der Waals surface area (Å²) in [6, 6.07) is 102. The average molecular weight is 1250 g/mol. The molecule has 450 valence electrons. The van der Waals surface area contributed by atoms with Crippen molar-refractivity contribution in [1.82, 2.24) is 38.2 Å². The second-order valence-corrected chi connectivity index (χ2v) is 24.1. The van der Waals surface area contributed by atoms with Crippen molar-refractivity contribution in [2.45, 2.75) is 0 Å². The normalized spacial score (nSPS) is 11.4. The van der Waals surface area contributed by atoms with Crippen LogP contribution in [-0.2, 0) is 0 Å². The summed E-state index contributed by atoms with van der Waals surface area (Å²) in [6.45, 7) is 0. The molecule has 0 unspecified atom stereocenters. The summed E-state index contributed by atoms with van der Waals surface area (Å²) >= 11 is 0. The van der Waals surface area contributed by atoms with Gasteiger partial charge in [-0.25, -0.2) is 19.9 Å². The quantitative estimate of drug-likeness (QED) is 0.135. The summed E-state index contributed by atoms with van der Waals surface area (Å²) in [5.74, 6) is 0.960. The fraction of sp³-hybridized carbons (Fsp3) is 0. The highest BCUT2D eigenvalue weighted by Crippen LogP contribution is 2.47. The molecule has 18 aromatic rings. The zero-order valence-electron chi connectivity index (χ0n) is 51.8. The SMILES string of the molecule is N#Cc1cc(C#N)c(-n2c3ccccc3c3c4c5cc(-c6ccc(-c7cc(-c8ccccc8)nc(-n8c9ccccc9c9c%10c%11ccccc%11n(-c%11c(C#N)cccc%11C#N)c%10ccc98)n7)cc6)ccc5n(-c5nc(-c6ccccc6)cc(-c6ccccc6)n5)c4ccc32)c(C#N)c1. The summed E-state index contributed by atoms with van der Waals surface area (Å²) in [5, 5.41) is 60.0. The number of fused-ring (bicyclic) bond motifs is 14. The third-order valence-corrected chi connectivity index (χ3v) is 18.8. The monoisotopic (exact) mass is 1250 g/mol. The van der Waals surface area contributed by atoms with Crippen LogP contribution in [0.4, 0.5) is 0 Å².